The van der Waals surface area contributed by atoms with Crippen LogP contribution in [0, 0.1) is 39.4 Å². The van der Waals surface area contributed by atoms with Crippen molar-refractivity contribution in [1.29, 1.82) is 0 Å². The third kappa shape index (κ3) is 4.94. The smallest absolute Gasteiger partial charge is 0.331 e. The van der Waals surface area contributed by atoms with E-state index in [1.54, 1.807) is 0 Å². The molecule has 0 saturated heterocycles. The molecule has 42 heavy (non-hydrogen) atoms. The average molecular weight is 588 g/mol. The molecule has 0 aliphatic heterocycles. The van der Waals surface area contributed by atoms with Crippen molar-refractivity contribution >= 4 is 17.5 Å². The number of fused-ring (bicyclic) bond motifs is 4. The lowest BCUT2D eigenvalue weighted by Gasteiger charge is -2.61. The van der Waals surface area contributed by atoms with Gasteiger partial charge in [-0.1, -0.05) is 41.5 Å². The normalized spacial score (nSPS) is 41.7. The highest BCUT2D eigenvalue weighted by atomic mass is 16.4. The number of ketones is 2. The van der Waals surface area contributed by atoms with E-state index in [1.807, 2.05) is 27.7 Å². The van der Waals surface area contributed by atoms with Crippen molar-refractivity contribution in [3.05, 3.63) is 22.8 Å². The van der Waals surface area contributed by atoms with E-state index in [1.165, 1.54) is 13.0 Å². The molecule has 2 saturated carbocycles. The molecule has 2 fully saturated rings. The van der Waals surface area contributed by atoms with Crippen LogP contribution in [-0.2, 0) is 14.4 Å². The lowest BCUT2D eigenvalue weighted by molar-refractivity contribution is -0.148. The maximum Gasteiger partial charge on any atom is 0.331 e. The quantitative estimate of drug-likeness (QED) is 0.189. The Hall–Kier alpha value is -1.87. The number of hydrogen-bond donors (Lipinski definition) is 5. The highest BCUT2D eigenvalue weighted by molar-refractivity contribution is 6.01. The summed E-state index contributed by atoms with van der Waals surface area (Å²) in [7, 11) is 0. The van der Waals surface area contributed by atoms with Gasteiger partial charge in [-0.3, -0.25) is 9.59 Å². The Kier molecular flexibility index (Phi) is 9.10. The molecule has 236 valence electrons. The van der Waals surface area contributed by atoms with Gasteiger partial charge < -0.3 is 25.7 Å². The Bertz CT molecular complexity index is 1180. The first kappa shape index (κ1) is 33.0. The molecule has 8 nitrogen and oxygen atoms in total. The van der Waals surface area contributed by atoms with Crippen LogP contribution in [0.2, 0.25) is 0 Å². The molecule has 8 heteroatoms. The third-order valence-corrected chi connectivity index (χ3v) is 12.5. The molecule has 0 spiro atoms. The topological polar surface area (TPSA) is 144 Å². The minimum absolute atomic E-state index is 0.00509. The summed E-state index contributed by atoms with van der Waals surface area (Å²) in [6.45, 7) is 15.3. The average Bonchev–Trinajstić information content (AvgIpc) is 3.11. The van der Waals surface area contributed by atoms with Crippen LogP contribution in [0.1, 0.15) is 99.8 Å². The molecule has 0 aromatic heterocycles. The number of Topliss-reactive ketones (excluding diaryl/α,β-unsaturated/α-hetero) is 2. The molecule has 0 bridgehead atoms. The molecule has 0 amide bonds. The number of aliphatic carboxylic acids is 1. The fourth-order valence-corrected chi connectivity index (χ4v) is 9.96. The number of allylic oxidation sites excluding steroid dienone is 1. The minimum Gasteiger partial charge on any atom is -0.478 e. The number of carbonyl (C=O) groups is 3. The first-order chi connectivity index (χ1) is 19.5. The number of aliphatic hydroxyl groups is 3. The lowest BCUT2D eigenvalue weighted by atomic mass is 9.42. The second kappa shape index (κ2) is 11.6. The Morgan fingerprint density at radius 1 is 1.12 bits per heavy atom. The first-order valence-electron chi connectivity index (χ1n) is 16.0. The van der Waals surface area contributed by atoms with Gasteiger partial charge in [0.1, 0.15) is 5.78 Å². The Balaban J connectivity index is 1.73. The molecule has 4 aliphatic carbocycles. The van der Waals surface area contributed by atoms with Gasteiger partial charge in [0.05, 0.1) is 18.3 Å². The van der Waals surface area contributed by atoms with Crippen LogP contribution in [0.4, 0.5) is 0 Å². The highest BCUT2D eigenvalue weighted by Crippen LogP contribution is 2.71. The van der Waals surface area contributed by atoms with Crippen molar-refractivity contribution < 1.29 is 34.8 Å². The predicted octanol–water partition coefficient (Wildman–Crippen LogP) is 4.21. The summed E-state index contributed by atoms with van der Waals surface area (Å²) in [5.74, 6) is -1.27. The van der Waals surface area contributed by atoms with Crippen LogP contribution in [0.15, 0.2) is 22.8 Å². The van der Waals surface area contributed by atoms with Gasteiger partial charge in [-0.2, -0.15) is 0 Å². The summed E-state index contributed by atoms with van der Waals surface area (Å²) in [5, 5.41) is 47.0. The summed E-state index contributed by atoms with van der Waals surface area (Å²) >= 11 is 0. The summed E-state index contributed by atoms with van der Waals surface area (Å²) < 4.78 is 0. The predicted molar refractivity (Wildman–Crippen MR) is 161 cm³/mol. The van der Waals surface area contributed by atoms with Crippen molar-refractivity contribution in [2.24, 2.45) is 39.4 Å². The number of hydrogen-bond acceptors (Lipinski definition) is 7. The van der Waals surface area contributed by atoms with Crippen molar-refractivity contribution in [3.8, 4) is 0 Å². The van der Waals surface area contributed by atoms with E-state index in [0.29, 0.717) is 56.2 Å². The summed E-state index contributed by atoms with van der Waals surface area (Å²) in [6.07, 6.45) is 2.65. The summed E-state index contributed by atoms with van der Waals surface area (Å²) in [4.78, 5) is 39.1. The number of carboxylic acids is 1. The molecular formula is C34H53NO7. The molecule has 4 aliphatic rings. The van der Waals surface area contributed by atoms with Crippen molar-refractivity contribution in [1.82, 2.24) is 5.32 Å². The highest BCUT2D eigenvalue weighted by Gasteiger charge is 2.70. The van der Waals surface area contributed by atoms with Gasteiger partial charge in [0, 0.05) is 40.2 Å². The van der Waals surface area contributed by atoms with Crippen molar-refractivity contribution in [2.75, 3.05) is 13.1 Å². The zero-order valence-corrected chi connectivity index (χ0v) is 26.6. The molecular weight excluding hydrogens is 534 g/mol. The van der Waals surface area contributed by atoms with Gasteiger partial charge in [-0.15, -0.1) is 0 Å². The standard InChI is InChI=1S/C34H53NO7/c1-8-12-35-13-11-31(4)25-17-23(37)29-28(32(25,5)10-9-26(31)39)24(38)18-33(6)22(16-27(40)34(29,33)7)19(2)14-21(36)15-20(3)30(41)42/h15,19,21-23,25,27,35-37,40H,8-14,16-18H2,1-7H3,(H,41,42)/b20-15+/t19-,21+,22-,23-,25-,27+,31-,32+,33-,34+/m1/s1. The summed E-state index contributed by atoms with van der Waals surface area (Å²) in [6, 6.07) is 0. The largest absolute Gasteiger partial charge is 0.478 e. The number of carboxylic acid groups (broad SMARTS) is 1. The third-order valence-electron chi connectivity index (χ3n) is 12.5. The second-order valence-electron chi connectivity index (χ2n) is 14.9. The molecule has 4 rings (SSSR count). The van der Waals surface area contributed by atoms with Crippen LogP contribution >= 0.6 is 0 Å². The summed E-state index contributed by atoms with van der Waals surface area (Å²) in [5.41, 5.74) is -1.33. The lowest BCUT2D eigenvalue weighted by Crippen LogP contribution is -2.61. The Morgan fingerprint density at radius 2 is 1.79 bits per heavy atom. The van der Waals surface area contributed by atoms with E-state index >= 15 is 0 Å². The van der Waals surface area contributed by atoms with Crippen LogP contribution in [-0.4, -0.2) is 69.4 Å². The SMILES string of the molecule is CCCNCC[C@@]1(C)C(=O)CC[C@]2(C)C3=C([C@H](O)C[C@H]12)[C@]1(C)[C@@H](O)C[C@H]([C@H](C)C[C@H](O)/C=C(\C)C(=O)O)[C@@]1(C)CC3=O. The van der Waals surface area contributed by atoms with Crippen LogP contribution in [0.25, 0.3) is 0 Å². The van der Waals surface area contributed by atoms with E-state index in [4.69, 9.17) is 0 Å². The second-order valence-corrected chi connectivity index (χ2v) is 14.9. The van der Waals surface area contributed by atoms with E-state index in [-0.39, 0.29) is 41.3 Å². The molecule has 0 radical (unpaired) electrons. The number of rotatable bonds is 10. The van der Waals surface area contributed by atoms with E-state index in [2.05, 4.69) is 19.2 Å². The fourth-order valence-electron chi connectivity index (χ4n) is 9.96. The van der Waals surface area contributed by atoms with Crippen LogP contribution in [0.5, 0.6) is 0 Å². The van der Waals surface area contributed by atoms with Crippen LogP contribution in [0.3, 0.4) is 0 Å². The maximum absolute atomic E-state index is 14.4. The van der Waals surface area contributed by atoms with Gasteiger partial charge >= 0.3 is 5.97 Å². The minimum atomic E-state index is -1.08. The Labute approximate surface area is 251 Å². The number of nitrogens with one attached hydrogen (secondary N) is 1. The maximum atomic E-state index is 14.4. The molecule has 0 aromatic rings. The zero-order valence-electron chi connectivity index (χ0n) is 26.6. The monoisotopic (exact) mass is 587 g/mol. The first-order valence-corrected chi connectivity index (χ1v) is 16.0. The Morgan fingerprint density at radius 3 is 2.40 bits per heavy atom. The molecule has 0 heterocycles. The van der Waals surface area contributed by atoms with Crippen molar-refractivity contribution in [2.45, 2.75) is 118 Å². The molecule has 10 atom stereocenters. The molecule has 0 unspecified atom stereocenters. The fraction of sp³-hybridized carbons (Fsp3) is 0.794. The van der Waals surface area contributed by atoms with E-state index < -0.39 is 45.9 Å². The zero-order chi connectivity index (χ0) is 31.4. The number of aliphatic hydroxyl groups excluding tert-OH is 3. The van der Waals surface area contributed by atoms with Crippen LogP contribution < -0.4 is 5.32 Å². The van der Waals surface area contributed by atoms with Gasteiger partial charge in [0.15, 0.2) is 5.78 Å². The van der Waals surface area contributed by atoms with E-state index in [0.717, 1.165) is 13.0 Å². The van der Waals surface area contributed by atoms with Gasteiger partial charge in [0.2, 0.25) is 0 Å². The van der Waals surface area contributed by atoms with Gasteiger partial charge in [-0.25, -0.2) is 4.79 Å². The molecule has 0 aromatic carbocycles. The van der Waals surface area contributed by atoms with Crippen molar-refractivity contribution in [3.63, 3.8) is 0 Å². The molecule has 5 N–H and O–H groups in total. The van der Waals surface area contributed by atoms with Gasteiger partial charge in [0.25, 0.3) is 0 Å². The number of carbonyl (C=O) groups excluding carboxylic acids is 2. The van der Waals surface area contributed by atoms with Gasteiger partial charge in [-0.05, 0) is 93.4 Å². The van der Waals surface area contributed by atoms with E-state index in [9.17, 15) is 34.8 Å².